The molecule has 1 aromatic rings. The number of thioether (sulfide) groups is 1. The van der Waals surface area contributed by atoms with E-state index in [1.807, 2.05) is 19.0 Å². The summed E-state index contributed by atoms with van der Waals surface area (Å²) in [6, 6.07) is 3.19. The molecule has 0 spiro atoms. The lowest BCUT2D eigenvalue weighted by Gasteiger charge is -2.25. The van der Waals surface area contributed by atoms with E-state index < -0.39 is 0 Å². The Morgan fingerprint density at radius 2 is 2.06 bits per heavy atom. The number of Topliss-reactive ketones (excluding diaryl/α,β-unsaturated/α-hetero) is 1. The fraction of sp³-hybridized carbons (Fsp3) is 0.417. The van der Waals surface area contributed by atoms with E-state index in [-0.39, 0.29) is 11.0 Å². The molecule has 1 aromatic carbocycles. The number of carbonyl (C=O) groups is 1. The standard InChI is InChI=1S/C12H13Cl2NO2S/c1-15(2)6-18-11-5-17-10-4-9(14)8(13)3-7(10)12(11)16/h3-4,11H,5-6H2,1-2H3. The molecule has 0 fully saturated rings. The van der Waals surface area contributed by atoms with Crippen LogP contribution in [0.1, 0.15) is 10.4 Å². The zero-order chi connectivity index (χ0) is 13.3. The Labute approximate surface area is 120 Å². The van der Waals surface area contributed by atoms with Gasteiger partial charge in [0.05, 0.1) is 15.6 Å². The van der Waals surface area contributed by atoms with Crippen LogP contribution >= 0.6 is 35.0 Å². The molecule has 0 radical (unpaired) electrons. The SMILES string of the molecule is CN(C)CSC1COc2cc(Cl)c(Cl)cc2C1=O. The van der Waals surface area contributed by atoms with Crippen LogP contribution < -0.4 is 4.74 Å². The van der Waals surface area contributed by atoms with Gasteiger partial charge in [-0.15, -0.1) is 11.8 Å². The molecule has 6 heteroatoms. The molecule has 1 atom stereocenters. The van der Waals surface area contributed by atoms with Crippen LogP contribution in [0.3, 0.4) is 0 Å². The van der Waals surface area contributed by atoms with Crippen LogP contribution in [0, 0.1) is 0 Å². The topological polar surface area (TPSA) is 29.5 Å². The lowest BCUT2D eigenvalue weighted by molar-refractivity contribution is 0.0943. The van der Waals surface area contributed by atoms with Crippen molar-refractivity contribution in [3.05, 3.63) is 27.7 Å². The second-order valence-corrected chi connectivity index (χ2v) is 6.28. The third-order valence-electron chi connectivity index (χ3n) is 2.50. The number of rotatable bonds is 3. The minimum atomic E-state index is -0.183. The van der Waals surface area contributed by atoms with Crippen LogP contribution in [0.25, 0.3) is 0 Å². The number of fused-ring (bicyclic) bond motifs is 1. The normalized spacial score (nSPS) is 18.7. The quantitative estimate of drug-likeness (QED) is 0.802. The molecule has 3 nitrogen and oxygen atoms in total. The van der Waals surface area contributed by atoms with Crippen molar-refractivity contribution in [3.8, 4) is 5.75 Å². The number of carbonyl (C=O) groups excluding carboxylic acids is 1. The fourth-order valence-electron chi connectivity index (χ4n) is 1.62. The summed E-state index contributed by atoms with van der Waals surface area (Å²) >= 11 is 13.4. The van der Waals surface area contributed by atoms with E-state index in [1.54, 1.807) is 23.9 Å². The molecular formula is C12H13Cl2NO2S. The van der Waals surface area contributed by atoms with Crippen LogP contribution in [0.2, 0.25) is 10.0 Å². The van der Waals surface area contributed by atoms with Gasteiger partial charge < -0.3 is 9.64 Å². The molecule has 1 unspecified atom stereocenters. The molecule has 2 rings (SSSR count). The zero-order valence-electron chi connectivity index (χ0n) is 10.1. The molecular weight excluding hydrogens is 293 g/mol. The van der Waals surface area contributed by atoms with E-state index in [1.165, 1.54) is 0 Å². The van der Waals surface area contributed by atoms with E-state index in [2.05, 4.69) is 0 Å². The highest BCUT2D eigenvalue weighted by molar-refractivity contribution is 8.00. The molecule has 18 heavy (non-hydrogen) atoms. The lowest BCUT2D eigenvalue weighted by atomic mass is 10.0. The monoisotopic (exact) mass is 305 g/mol. The third kappa shape index (κ3) is 2.94. The highest BCUT2D eigenvalue weighted by Gasteiger charge is 2.30. The summed E-state index contributed by atoms with van der Waals surface area (Å²) in [5.74, 6) is 1.36. The summed E-state index contributed by atoms with van der Waals surface area (Å²) < 4.78 is 5.57. The predicted molar refractivity (Wildman–Crippen MR) is 76.2 cm³/mol. The second-order valence-electron chi connectivity index (χ2n) is 4.30. The van der Waals surface area contributed by atoms with Crippen molar-refractivity contribution in [3.63, 3.8) is 0 Å². The van der Waals surface area contributed by atoms with Gasteiger partial charge >= 0.3 is 0 Å². The number of nitrogens with zero attached hydrogens (tertiary/aromatic N) is 1. The van der Waals surface area contributed by atoms with Gasteiger partial charge in [-0.25, -0.2) is 0 Å². The first-order valence-electron chi connectivity index (χ1n) is 5.41. The number of ketones is 1. The van der Waals surface area contributed by atoms with Gasteiger partial charge in [-0.1, -0.05) is 23.2 Å². The van der Waals surface area contributed by atoms with Gasteiger partial charge in [0.15, 0.2) is 5.78 Å². The van der Waals surface area contributed by atoms with Crippen LogP contribution in [-0.4, -0.2) is 42.5 Å². The van der Waals surface area contributed by atoms with Crippen molar-refractivity contribution < 1.29 is 9.53 Å². The maximum atomic E-state index is 12.3. The fourth-order valence-corrected chi connectivity index (χ4v) is 2.86. The van der Waals surface area contributed by atoms with Gasteiger partial charge in [0, 0.05) is 11.9 Å². The summed E-state index contributed by atoms with van der Waals surface area (Å²) in [6.45, 7) is 0.377. The van der Waals surface area contributed by atoms with Crippen molar-refractivity contribution in [1.29, 1.82) is 0 Å². The molecule has 0 N–H and O–H groups in total. The highest BCUT2D eigenvalue weighted by atomic mass is 35.5. The van der Waals surface area contributed by atoms with Crippen LogP contribution in [0.4, 0.5) is 0 Å². The maximum absolute atomic E-state index is 12.3. The van der Waals surface area contributed by atoms with E-state index in [9.17, 15) is 4.79 Å². The van der Waals surface area contributed by atoms with Gasteiger partial charge in [-0.05, 0) is 20.2 Å². The van der Waals surface area contributed by atoms with Gasteiger partial charge in [0.25, 0.3) is 0 Å². The average Bonchev–Trinajstić information content (AvgIpc) is 2.31. The second kappa shape index (κ2) is 5.70. The summed E-state index contributed by atoms with van der Waals surface area (Å²) in [5.41, 5.74) is 0.520. The number of benzene rings is 1. The largest absolute Gasteiger partial charge is 0.491 e. The molecule has 0 bridgehead atoms. The summed E-state index contributed by atoms with van der Waals surface area (Å²) in [4.78, 5) is 14.3. The molecule has 1 aliphatic rings. The van der Waals surface area contributed by atoms with Crippen molar-refractivity contribution in [2.45, 2.75) is 5.25 Å². The Hall–Kier alpha value is -0.420. The molecule has 1 heterocycles. The third-order valence-corrected chi connectivity index (χ3v) is 4.64. The summed E-state index contributed by atoms with van der Waals surface area (Å²) in [5, 5.41) is 0.602. The summed E-state index contributed by atoms with van der Waals surface area (Å²) in [6.07, 6.45) is 0. The molecule has 98 valence electrons. The zero-order valence-corrected chi connectivity index (χ0v) is 12.4. The number of hydrogen-bond donors (Lipinski definition) is 0. The van der Waals surface area contributed by atoms with Gasteiger partial charge in [0.2, 0.25) is 0 Å². The van der Waals surface area contributed by atoms with E-state index in [0.717, 1.165) is 5.88 Å². The first kappa shape index (κ1) is 14.0. The molecule has 0 aromatic heterocycles. The molecule has 0 amide bonds. The first-order valence-corrected chi connectivity index (χ1v) is 7.22. The maximum Gasteiger partial charge on any atom is 0.183 e. The Morgan fingerprint density at radius 3 is 2.72 bits per heavy atom. The van der Waals surface area contributed by atoms with E-state index in [0.29, 0.717) is 28.0 Å². The number of ether oxygens (including phenoxy) is 1. The Kier molecular flexibility index (Phi) is 4.43. The molecule has 1 aliphatic heterocycles. The van der Waals surface area contributed by atoms with Crippen LogP contribution in [0.15, 0.2) is 12.1 Å². The number of hydrogen-bond acceptors (Lipinski definition) is 4. The smallest absolute Gasteiger partial charge is 0.183 e. The lowest BCUT2D eigenvalue weighted by Crippen LogP contribution is -2.32. The van der Waals surface area contributed by atoms with Crippen molar-refractivity contribution >= 4 is 40.7 Å². The minimum absolute atomic E-state index is 0.0571. The van der Waals surface area contributed by atoms with E-state index >= 15 is 0 Å². The van der Waals surface area contributed by atoms with Crippen LogP contribution in [-0.2, 0) is 0 Å². The van der Waals surface area contributed by atoms with Gasteiger partial charge in [-0.3, -0.25) is 4.79 Å². The van der Waals surface area contributed by atoms with Crippen LogP contribution in [0.5, 0.6) is 5.75 Å². The van der Waals surface area contributed by atoms with Crippen molar-refractivity contribution in [2.24, 2.45) is 0 Å². The van der Waals surface area contributed by atoms with Gasteiger partial charge in [-0.2, -0.15) is 0 Å². The number of halogens is 2. The van der Waals surface area contributed by atoms with E-state index in [4.69, 9.17) is 27.9 Å². The predicted octanol–water partition coefficient (Wildman–Crippen LogP) is 3.19. The van der Waals surface area contributed by atoms with Crippen molar-refractivity contribution in [1.82, 2.24) is 4.90 Å². The van der Waals surface area contributed by atoms with Crippen molar-refractivity contribution in [2.75, 3.05) is 26.6 Å². The van der Waals surface area contributed by atoms with Gasteiger partial charge in [0.1, 0.15) is 17.6 Å². The Bertz CT molecular complexity index is 479. The Morgan fingerprint density at radius 1 is 1.39 bits per heavy atom. The highest BCUT2D eigenvalue weighted by Crippen LogP contribution is 2.35. The first-order chi connectivity index (χ1) is 8.49. The summed E-state index contributed by atoms with van der Waals surface area (Å²) in [7, 11) is 3.93. The molecule has 0 saturated heterocycles. The minimum Gasteiger partial charge on any atom is -0.491 e. The molecule has 0 saturated carbocycles. The average molecular weight is 306 g/mol. The Balaban J connectivity index is 2.20. The molecule has 0 aliphatic carbocycles.